The van der Waals surface area contributed by atoms with Gasteiger partial charge >= 0.3 is 6.03 Å². The van der Waals surface area contributed by atoms with E-state index in [0.717, 1.165) is 11.1 Å². The molecule has 134 valence electrons. The van der Waals surface area contributed by atoms with E-state index in [0.29, 0.717) is 29.3 Å². The molecule has 3 aromatic rings. The Morgan fingerprint density at radius 1 is 1.04 bits per heavy atom. The number of nitrogens with zero attached hydrogens (tertiary/aromatic N) is 1. The van der Waals surface area contributed by atoms with Crippen LogP contribution >= 0.6 is 0 Å². The third kappa shape index (κ3) is 5.10. The highest BCUT2D eigenvalue weighted by molar-refractivity contribution is 5.90. The Morgan fingerprint density at radius 2 is 1.85 bits per heavy atom. The first-order valence-corrected chi connectivity index (χ1v) is 8.51. The van der Waals surface area contributed by atoms with E-state index >= 15 is 0 Å². The molecule has 0 radical (unpaired) electrons. The van der Waals surface area contributed by atoms with Crippen LogP contribution in [0.25, 0.3) is 0 Å². The van der Waals surface area contributed by atoms with Gasteiger partial charge in [0.1, 0.15) is 5.75 Å². The molecule has 2 N–H and O–H groups in total. The summed E-state index contributed by atoms with van der Waals surface area (Å²) in [5.74, 6) is 1.27. The fraction of sp³-hybridized carbons (Fsp3) is 0.0909. The molecule has 0 unspecified atom stereocenters. The van der Waals surface area contributed by atoms with E-state index in [9.17, 15) is 4.79 Å². The maximum absolute atomic E-state index is 12.3. The summed E-state index contributed by atoms with van der Waals surface area (Å²) >= 11 is 0. The van der Waals surface area contributed by atoms with Crippen molar-refractivity contribution < 1.29 is 9.53 Å². The molecular weight excluding hydrogens is 338 g/mol. The zero-order valence-corrected chi connectivity index (χ0v) is 14.9. The molecule has 0 aliphatic heterocycles. The number of nitriles is 1. The Kier molecular flexibility index (Phi) is 5.70. The van der Waals surface area contributed by atoms with Gasteiger partial charge in [0.05, 0.1) is 17.3 Å². The predicted molar refractivity (Wildman–Crippen MR) is 105 cm³/mol. The first kappa shape index (κ1) is 18.0. The van der Waals surface area contributed by atoms with Crippen molar-refractivity contribution in [1.82, 2.24) is 5.32 Å². The molecule has 0 atom stereocenters. The number of benzene rings is 3. The Hall–Kier alpha value is -3.78. The van der Waals surface area contributed by atoms with E-state index in [-0.39, 0.29) is 6.03 Å². The van der Waals surface area contributed by atoms with E-state index in [1.54, 1.807) is 30.3 Å². The number of urea groups is 1. The van der Waals surface area contributed by atoms with Crippen molar-refractivity contribution in [2.45, 2.75) is 13.5 Å². The first-order chi connectivity index (χ1) is 13.1. The second-order valence-electron chi connectivity index (χ2n) is 6.03. The van der Waals surface area contributed by atoms with Gasteiger partial charge in [0, 0.05) is 6.54 Å². The monoisotopic (exact) mass is 357 g/mol. The average Bonchev–Trinajstić information content (AvgIpc) is 2.68. The molecule has 0 aromatic heterocycles. The smallest absolute Gasteiger partial charge is 0.319 e. The minimum atomic E-state index is -0.349. The number of ether oxygens (including phenoxy) is 1. The number of aryl methyl sites for hydroxylation is 1. The van der Waals surface area contributed by atoms with Crippen molar-refractivity contribution in [2.24, 2.45) is 0 Å². The van der Waals surface area contributed by atoms with E-state index < -0.39 is 0 Å². The highest BCUT2D eigenvalue weighted by atomic mass is 16.5. The van der Waals surface area contributed by atoms with Crippen LogP contribution in [0.15, 0.2) is 72.8 Å². The molecule has 0 saturated heterocycles. The number of hydrogen-bond acceptors (Lipinski definition) is 3. The molecule has 5 heteroatoms. The largest absolute Gasteiger partial charge is 0.455 e. The summed E-state index contributed by atoms with van der Waals surface area (Å²) in [6, 6.07) is 23.8. The fourth-order valence-corrected chi connectivity index (χ4v) is 2.56. The molecule has 0 aliphatic rings. The molecule has 0 aliphatic carbocycles. The Labute approximate surface area is 158 Å². The maximum atomic E-state index is 12.3. The first-order valence-electron chi connectivity index (χ1n) is 8.51. The maximum Gasteiger partial charge on any atom is 0.319 e. The van der Waals surface area contributed by atoms with Crippen LogP contribution in [0.4, 0.5) is 10.5 Å². The van der Waals surface area contributed by atoms with Crippen LogP contribution in [0.2, 0.25) is 0 Å². The lowest BCUT2D eigenvalue weighted by atomic mass is 10.1. The SMILES string of the molecule is Cc1cccc(Oc2ccccc2NC(=O)NCc2cccc(C#N)c2)c1. The van der Waals surface area contributed by atoms with Gasteiger partial charge in [-0.2, -0.15) is 5.26 Å². The molecule has 27 heavy (non-hydrogen) atoms. The molecule has 2 amide bonds. The number of hydrogen-bond donors (Lipinski definition) is 2. The number of carbonyl (C=O) groups is 1. The molecular formula is C22H19N3O2. The van der Waals surface area contributed by atoms with Crippen molar-refractivity contribution in [3.63, 3.8) is 0 Å². The molecule has 0 spiro atoms. The van der Waals surface area contributed by atoms with E-state index in [4.69, 9.17) is 10.00 Å². The van der Waals surface area contributed by atoms with Crippen molar-refractivity contribution in [3.8, 4) is 17.6 Å². The standard InChI is InChI=1S/C22H19N3O2/c1-16-6-4-9-19(12-16)27-21-11-3-2-10-20(21)25-22(26)24-15-18-8-5-7-17(13-18)14-23/h2-13H,15H2,1H3,(H2,24,25,26). The lowest BCUT2D eigenvalue weighted by Crippen LogP contribution is -2.28. The summed E-state index contributed by atoms with van der Waals surface area (Å²) in [6.07, 6.45) is 0. The van der Waals surface area contributed by atoms with Crippen LogP contribution in [-0.4, -0.2) is 6.03 Å². The van der Waals surface area contributed by atoms with Crippen molar-refractivity contribution >= 4 is 11.7 Å². The number of para-hydroxylation sites is 2. The number of rotatable bonds is 5. The zero-order chi connectivity index (χ0) is 19.1. The van der Waals surface area contributed by atoms with Crippen LogP contribution in [0.5, 0.6) is 11.5 Å². The molecule has 0 bridgehead atoms. The fourth-order valence-electron chi connectivity index (χ4n) is 2.56. The quantitative estimate of drug-likeness (QED) is 0.676. The Morgan fingerprint density at radius 3 is 2.67 bits per heavy atom. The minimum absolute atomic E-state index is 0.322. The van der Waals surface area contributed by atoms with Crippen molar-refractivity contribution in [1.29, 1.82) is 5.26 Å². The lowest BCUT2D eigenvalue weighted by molar-refractivity contribution is 0.251. The molecule has 5 nitrogen and oxygen atoms in total. The summed E-state index contributed by atoms with van der Waals surface area (Å²) in [6.45, 7) is 2.31. The van der Waals surface area contributed by atoms with Gasteiger partial charge in [-0.05, 0) is 54.4 Å². The summed E-state index contributed by atoms with van der Waals surface area (Å²) in [5, 5.41) is 14.5. The number of amides is 2. The summed E-state index contributed by atoms with van der Waals surface area (Å²) in [5.41, 5.74) is 3.08. The Bertz CT molecular complexity index is 993. The lowest BCUT2D eigenvalue weighted by Gasteiger charge is -2.13. The third-order valence-corrected chi connectivity index (χ3v) is 3.86. The van der Waals surface area contributed by atoms with Crippen molar-refractivity contribution in [2.75, 3.05) is 5.32 Å². The predicted octanol–water partition coefficient (Wildman–Crippen LogP) is 4.98. The molecule has 3 rings (SSSR count). The van der Waals surface area contributed by atoms with Gasteiger partial charge in [0.25, 0.3) is 0 Å². The topological polar surface area (TPSA) is 74.2 Å². The Balaban J connectivity index is 1.65. The van der Waals surface area contributed by atoms with Crippen LogP contribution in [0.1, 0.15) is 16.7 Å². The number of nitrogens with one attached hydrogen (secondary N) is 2. The molecule has 3 aromatic carbocycles. The van der Waals surface area contributed by atoms with E-state index in [1.165, 1.54) is 0 Å². The number of anilines is 1. The summed E-state index contributed by atoms with van der Waals surface area (Å²) in [4.78, 5) is 12.3. The van der Waals surface area contributed by atoms with Gasteiger partial charge in [0.15, 0.2) is 5.75 Å². The highest BCUT2D eigenvalue weighted by Gasteiger charge is 2.08. The minimum Gasteiger partial charge on any atom is -0.455 e. The van der Waals surface area contributed by atoms with Crippen molar-refractivity contribution in [3.05, 3.63) is 89.5 Å². The average molecular weight is 357 g/mol. The van der Waals surface area contributed by atoms with Gasteiger partial charge in [-0.1, -0.05) is 36.4 Å². The highest BCUT2D eigenvalue weighted by Crippen LogP contribution is 2.29. The van der Waals surface area contributed by atoms with Gasteiger partial charge in [-0.3, -0.25) is 0 Å². The normalized spacial score (nSPS) is 9.93. The molecule has 0 fully saturated rings. The second-order valence-corrected chi connectivity index (χ2v) is 6.03. The second kappa shape index (κ2) is 8.54. The van der Waals surface area contributed by atoms with E-state index in [1.807, 2.05) is 49.4 Å². The van der Waals surface area contributed by atoms with Gasteiger partial charge in [0.2, 0.25) is 0 Å². The van der Waals surface area contributed by atoms with Gasteiger partial charge in [-0.15, -0.1) is 0 Å². The van der Waals surface area contributed by atoms with E-state index in [2.05, 4.69) is 16.7 Å². The number of carbonyl (C=O) groups excluding carboxylic acids is 1. The summed E-state index contributed by atoms with van der Waals surface area (Å²) < 4.78 is 5.91. The van der Waals surface area contributed by atoms with Crippen LogP contribution in [0, 0.1) is 18.3 Å². The van der Waals surface area contributed by atoms with Crippen LogP contribution < -0.4 is 15.4 Å². The summed E-state index contributed by atoms with van der Waals surface area (Å²) in [7, 11) is 0. The molecule has 0 saturated carbocycles. The van der Waals surface area contributed by atoms with Crippen LogP contribution in [0.3, 0.4) is 0 Å². The zero-order valence-electron chi connectivity index (χ0n) is 14.9. The van der Waals surface area contributed by atoms with Gasteiger partial charge in [-0.25, -0.2) is 4.79 Å². The van der Waals surface area contributed by atoms with Gasteiger partial charge < -0.3 is 15.4 Å². The third-order valence-electron chi connectivity index (χ3n) is 3.86. The van der Waals surface area contributed by atoms with Crippen LogP contribution in [-0.2, 0) is 6.54 Å². The molecule has 0 heterocycles.